The van der Waals surface area contributed by atoms with Crippen LogP contribution in [0.25, 0.3) is 0 Å². The van der Waals surface area contributed by atoms with Crippen molar-refractivity contribution in [2.75, 3.05) is 111 Å². The SMILES string of the molecule is CC(=O)OCC(=O)N1CCN(c2c(F)cc(N3C[C@H](CNC(=S)C(F)F)OC3=O)cc2F)CC1.O=C(CO)N1CCN(c2c(F)cc(N3C[C@H](CNC(=S)C(F)F)OC3=O)cc2F)CC1. The van der Waals surface area contributed by atoms with Crippen molar-refractivity contribution >= 4 is 87.1 Å². The normalized spacial score (nSPS) is 18.6. The number of alkyl halides is 4. The molecule has 2 atom stereocenters. The highest BCUT2D eigenvalue weighted by molar-refractivity contribution is 7.80. The Kier molecular flexibility index (Phi) is 17.3. The Hall–Kier alpha value is -5.83. The third-order valence-corrected chi connectivity index (χ3v) is 10.9. The van der Waals surface area contributed by atoms with Crippen molar-refractivity contribution in [3.63, 3.8) is 0 Å². The van der Waals surface area contributed by atoms with E-state index in [4.69, 9.17) is 14.6 Å². The molecule has 0 aliphatic carbocycles. The second-order valence-electron chi connectivity index (χ2n) is 14.5. The Morgan fingerprint density at radius 2 is 1.03 bits per heavy atom. The van der Waals surface area contributed by atoms with Crippen LogP contribution in [0.2, 0.25) is 0 Å². The molecule has 0 saturated carbocycles. The van der Waals surface area contributed by atoms with Crippen molar-refractivity contribution in [2.45, 2.75) is 32.0 Å². The Labute approximate surface area is 376 Å². The highest BCUT2D eigenvalue weighted by Crippen LogP contribution is 2.33. The maximum absolute atomic E-state index is 14.9. The number of aliphatic hydroxyl groups excluding tert-OH is 1. The number of cyclic esters (lactones) is 2. The zero-order valence-corrected chi connectivity index (χ0v) is 35.9. The van der Waals surface area contributed by atoms with Gasteiger partial charge in [-0.3, -0.25) is 24.2 Å². The van der Waals surface area contributed by atoms with E-state index in [-0.39, 0.29) is 101 Å². The minimum absolute atomic E-state index is 0.0724. The van der Waals surface area contributed by atoms with E-state index in [0.29, 0.717) is 0 Å². The first kappa shape index (κ1) is 50.2. The number of aliphatic hydroxyl groups is 1. The predicted octanol–water partition coefficient (Wildman–Crippen LogP) is 2.80. The summed E-state index contributed by atoms with van der Waals surface area (Å²) < 4.78 is 124. The lowest BCUT2D eigenvalue weighted by Crippen LogP contribution is -2.50. The summed E-state index contributed by atoms with van der Waals surface area (Å²) in [4.78, 5) is 64.9. The van der Waals surface area contributed by atoms with Gasteiger partial charge >= 0.3 is 18.2 Å². The van der Waals surface area contributed by atoms with Crippen molar-refractivity contribution in [3.8, 4) is 0 Å². The van der Waals surface area contributed by atoms with Gasteiger partial charge in [0.1, 0.15) is 40.2 Å². The lowest BCUT2D eigenvalue weighted by Gasteiger charge is -2.36. The summed E-state index contributed by atoms with van der Waals surface area (Å²) in [5, 5.41) is 13.5. The summed E-state index contributed by atoms with van der Waals surface area (Å²) in [5.41, 5.74) is -0.744. The van der Waals surface area contributed by atoms with E-state index < -0.39 is 101 Å². The molecular weight excluding hydrogens is 929 g/mol. The molecule has 6 rings (SSSR count). The van der Waals surface area contributed by atoms with Crippen LogP contribution in [0.3, 0.4) is 0 Å². The van der Waals surface area contributed by atoms with Gasteiger partial charge in [-0.2, -0.15) is 0 Å². The smallest absolute Gasteiger partial charge is 0.414 e. The van der Waals surface area contributed by atoms with Gasteiger partial charge in [0.05, 0.1) is 37.6 Å². The largest absolute Gasteiger partial charge is 0.456 e. The van der Waals surface area contributed by atoms with Gasteiger partial charge in [0.2, 0.25) is 5.91 Å². The number of thiocarbonyl (C=S) groups is 2. The van der Waals surface area contributed by atoms with Crippen LogP contribution in [0.4, 0.5) is 67.5 Å². The standard InChI is InChI=1S/C20H22F4N4O5S.C18H20F4N4O4S/c1-11(29)32-10-16(30)26-2-4-27(5-3-26)17-14(21)6-12(7-15(17)22)28-9-13(33-20(28)31)8-25-19(34)18(23)24;19-12-5-10(26-8-11(30-18(26)29)7-23-17(31)16(21)22)6-13(20)15(12)25-3-1-24(2-4-25)14(28)9-27/h6-7,13,18H,2-5,8-10H2,1H3,(H,25,34);5-6,11,16,27H,1-4,7-9H2,(H,23,31)/t13-;11-/m00/s1. The maximum Gasteiger partial charge on any atom is 0.414 e. The van der Waals surface area contributed by atoms with Crippen LogP contribution in [0.15, 0.2) is 24.3 Å². The fourth-order valence-corrected chi connectivity index (χ4v) is 7.16. The van der Waals surface area contributed by atoms with Crippen LogP contribution >= 0.6 is 24.4 Å². The summed E-state index contributed by atoms with van der Waals surface area (Å²) in [6.07, 6.45) is -9.10. The number of nitrogens with zero attached hydrogens (tertiary/aromatic N) is 6. The quantitative estimate of drug-likeness (QED) is 0.116. The first-order valence-electron chi connectivity index (χ1n) is 19.6. The summed E-state index contributed by atoms with van der Waals surface area (Å²) in [5.74, 6) is -5.07. The summed E-state index contributed by atoms with van der Waals surface area (Å²) in [7, 11) is 0. The number of rotatable bonds is 13. The maximum atomic E-state index is 14.9. The second kappa shape index (κ2) is 22.4. The van der Waals surface area contributed by atoms with Crippen molar-refractivity contribution in [2.24, 2.45) is 0 Å². The molecule has 0 spiro atoms. The molecule has 0 aromatic heterocycles. The molecule has 0 unspecified atom stereocenters. The van der Waals surface area contributed by atoms with E-state index in [9.17, 15) is 59.1 Å². The van der Waals surface area contributed by atoms with Crippen LogP contribution in [-0.2, 0) is 28.6 Å². The summed E-state index contributed by atoms with van der Waals surface area (Å²) in [6, 6.07) is 3.95. The van der Waals surface area contributed by atoms with E-state index in [1.165, 1.54) is 26.5 Å². The zero-order chi connectivity index (χ0) is 47.7. The van der Waals surface area contributed by atoms with Crippen molar-refractivity contribution in [3.05, 3.63) is 47.5 Å². The second-order valence-corrected chi connectivity index (χ2v) is 15.4. The Balaban J connectivity index is 0.000000245. The number of carbonyl (C=O) groups is 5. The summed E-state index contributed by atoms with van der Waals surface area (Å²) in [6.45, 7) is 0.982. The van der Waals surface area contributed by atoms with Gasteiger partial charge in [-0.05, 0) is 0 Å². The monoisotopic (exact) mass is 970 g/mol. The van der Waals surface area contributed by atoms with E-state index >= 15 is 0 Å². The number of anilines is 4. The number of hydrogen-bond donors (Lipinski definition) is 3. The lowest BCUT2D eigenvalue weighted by molar-refractivity contribution is -0.150. The number of ether oxygens (including phenoxy) is 3. The summed E-state index contributed by atoms with van der Waals surface area (Å²) >= 11 is 8.91. The molecule has 356 valence electrons. The highest BCUT2D eigenvalue weighted by atomic mass is 32.1. The van der Waals surface area contributed by atoms with Crippen molar-refractivity contribution in [1.82, 2.24) is 20.4 Å². The molecule has 2 aromatic rings. The van der Waals surface area contributed by atoms with Gasteiger partial charge in [0.25, 0.3) is 18.8 Å². The molecule has 65 heavy (non-hydrogen) atoms. The number of benzene rings is 2. The molecule has 4 aliphatic heterocycles. The molecule has 4 heterocycles. The third kappa shape index (κ3) is 12.9. The topological polar surface area (TPSA) is 177 Å². The molecule has 4 fully saturated rings. The molecule has 17 nitrogen and oxygen atoms in total. The van der Waals surface area contributed by atoms with Crippen molar-refractivity contribution < 1.29 is 78.4 Å². The lowest BCUT2D eigenvalue weighted by atomic mass is 10.2. The first-order valence-corrected chi connectivity index (χ1v) is 20.4. The van der Waals surface area contributed by atoms with Crippen LogP contribution in [0, 0.1) is 23.3 Å². The Bertz CT molecular complexity index is 2090. The van der Waals surface area contributed by atoms with Gasteiger partial charge in [0.15, 0.2) is 29.9 Å². The number of nitrogens with one attached hydrogen (secondary N) is 2. The van der Waals surface area contributed by atoms with E-state index in [1.54, 1.807) is 0 Å². The molecule has 0 radical (unpaired) electrons. The first-order chi connectivity index (χ1) is 30.8. The molecule has 0 bridgehead atoms. The fourth-order valence-electron chi connectivity index (χ4n) is 6.99. The van der Waals surface area contributed by atoms with E-state index in [0.717, 1.165) is 34.1 Å². The van der Waals surface area contributed by atoms with Crippen LogP contribution in [0.5, 0.6) is 0 Å². The number of halogens is 8. The van der Waals surface area contributed by atoms with Crippen LogP contribution < -0.4 is 30.2 Å². The third-order valence-electron chi connectivity index (χ3n) is 10.2. The Morgan fingerprint density at radius 1 is 0.677 bits per heavy atom. The van der Waals surface area contributed by atoms with Gasteiger partial charge in [-0.1, -0.05) is 24.4 Å². The zero-order valence-electron chi connectivity index (χ0n) is 34.3. The molecule has 4 amide bonds. The number of carbonyl (C=O) groups excluding carboxylic acids is 5. The number of amides is 4. The van der Waals surface area contributed by atoms with Gasteiger partial charge in [-0.15, -0.1) is 0 Å². The average molecular weight is 971 g/mol. The molecule has 4 saturated heterocycles. The van der Waals surface area contributed by atoms with E-state index in [1.807, 2.05) is 0 Å². The Morgan fingerprint density at radius 3 is 1.35 bits per heavy atom. The molecule has 27 heteroatoms. The predicted molar refractivity (Wildman–Crippen MR) is 222 cm³/mol. The molecule has 2 aromatic carbocycles. The number of esters is 1. The minimum atomic E-state index is -2.85. The minimum Gasteiger partial charge on any atom is -0.456 e. The van der Waals surface area contributed by atoms with Crippen LogP contribution in [0.1, 0.15) is 6.92 Å². The molecular formula is C38H42F8N8O9S2. The van der Waals surface area contributed by atoms with Gasteiger partial charge in [-0.25, -0.2) is 44.7 Å². The van der Waals surface area contributed by atoms with Gasteiger partial charge < -0.3 is 49.6 Å². The number of hydrogen-bond acceptors (Lipinski definition) is 13. The van der Waals surface area contributed by atoms with Gasteiger partial charge in [0, 0.05) is 83.5 Å². The molecule has 3 N–H and O–H groups in total. The fraction of sp³-hybridized carbons (Fsp3) is 0.500. The highest BCUT2D eigenvalue weighted by Gasteiger charge is 2.36. The molecule has 4 aliphatic rings. The average Bonchev–Trinajstić information content (AvgIpc) is 3.84. The number of piperazine rings is 2. The van der Waals surface area contributed by atoms with Crippen LogP contribution in [-0.4, -0.2) is 172 Å². The van der Waals surface area contributed by atoms with Crippen molar-refractivity contribution in [1.29, 1.82) is 0 Å². The van der Waals surface area contributed by atoms with E-state index in [2.05, 4.69) is 39.8 Å².